The van der Waals surface area contributed by atoms with Crippen molar-refractivity contribution >= 4 is 35.0 Å². The zero-order valence-corrected chi connectivity index (χ0v) is 18.1. The molecule has 32 heavy (non-hydrogen) atoms. The van der Waals surface area contributed by atoms with Crippen molar-refractivity contribution in [3.05, 3.63) is 105 Å². The molecule has 0 fully saturated rings. The van der Waals surface area contributed by atoms with Gasteiger partial charge in [0, 0.05) is 36.3 Å². The summed E-state index contributed by atoms with van der Waals surface area (Å²) < 4.78 is 5.54. The summed E-state index contributed by atoms with van der Waals surface area (Å²) >= 11 is 6.45. The van der Waals surface area contributed by atoms with Crippen LogP contribution >= 0.6 is 11.6 Å². The molecular weight excluding hydrogens is 430 g/mol. The third-order valence-corrected chi connectivity index (χ3v) is 5.63. The van der Waals surface area contributed by atoms with Crippen LogP contribution in [0.25, 0.3) is 0 Å². The molecule has 1 amide bonds. The summed E-state index contributed by atoms with van der Waals surface area (Å²) in [6.07, 6.45) is -1.19. The second-order valence-electron chi connectivity index (χ2n) is 7.48. The van der Waals surface area contributed by atoms with E-state index in [0.717, 1.165) is 0 Å². The zero-order valence-electron chi connectivity index (χ0n) is 17.3. The monoisotopic (exact) mass is 447 g/mol. The molecule has 3 aromatic rings. The maximum absolute atomic E-state index is 13.0. The number of benzene rings is 3. The normalized spacial score (nSPS) is 13.1. The van der Waals surface area contributed by atoms with E-state index < -0.39 is 23.8 Å². The summed E-state index contributed by atoms with van der Waals surface area (Å²) in [7, 11) is 3.11. The molecule has 1 atom stereocenters. The van der Waals surface area contributed by atoms with E-state index in [1.807, 2.05) is 0 Å². The molecule has 0 saturated heterocycles. The number of carbonyl (C=O) groups excluding carboxylic acids is 4. The number of halogens is 1. The third kappa shape index (κ3) is 3.59. The quantitative estimate of drug-likeness (QED) is 0.440. The Morgan fingerprint density at radius 2 is 1.41 bits per heavy atom. The van der Waals surface area contributed by atoms with Crippen LogP contribution in [0.4, 0.5) is 0 Å². The Hall–Kier alpha value is -3.77. The fraction of sp³-hybridized carbons (Fsp3) is 0.120. The van der Waals surface area contributed by atoms with Crippen molar-refractivity contribution in [3.63, 3.8) is 0 Å². The highest BCUT2D eigenvalue weighted by atomic mass is 35.5. The molecule has 0 radical (unpaired) electrons. The van der Waals surface area contributed by atoms with Crippen molar-refractivity contribution < 1.29 is 23.9 Å². The number of amides is 1. The van der Waals surface area contributed by atoms with Crippen LogP contribution in [0, 0.1) is 0 Å². The number of esters is 1. The Labute approximate surface area is 189 Å². The second-order valence-corrected chi connectivity index (χ2v) is 7.86. The number of hydrogen-bond acceptors (Lipinski definition) is 5. The fourth-order valence-electron chi connectivity index (χ4n) is 3.60. The summed E-state index contributed by atoms with van der Waals surface area (Å²) in [6, 6.07) is 17.8. The average molecular weight is 448 g/mol. The highest BCUT2D eigenvalue weighted by Crippen LogP contribution is 2.35. The number of ether oxygens (including phenoxy) is 1. The number of likely N-dealkylation sites (N-methyl/N-ethyl adjacent to an activating group) is 1. The third-order valence-electron chi connectivity index (χ3n) is 5.24. The van der Waals surface area contributed by atoms with Crippen LogP contribution in [0.1, 0.15) is 53.9 Å². The van der Waals surface area contributed by atoms with E-state index in [4.69, 9.17) is 16.3 Å². The van der Waals surface area contributed by atoms with Crippen LogP contribution < -0.4 is 0 Å². The highest BCUT2D eigenvalue weighted by Gasteiger charge is 2.34. The summed E-state index contributed by atoms with van der Waals surface area (Å²) in [5.74, 6) is -2.10. The molecule has 3 aromatic carbocycles. The van der Waals surface area contributed by atoms with Gasteiger partial charge in [0.05, 0.1) is 16.1 Å². The lowest BCUT2D eigenvalue weighted by atomic mass is 9.83. The van der Waals surface area contributed by atoms with E-state index in [-0.39, 0.29) is 38.6 Å². The Bertz CT molecular complexity index is 1270. The van der Waals surface area contributed by atoms with Gasteiger partial charge in [-0.25, -0.2) is 4.79 Å². The summed E-state index contributed by atoms with van der Waals surface area (Å²) in [5, 5.41) is -0.176. The lowest BCUT2D eigenvalue weighted by Gasteiger charge is -2.22. The van der Waals surface area contributed by atoms with Crippen molar-refractivity contribution in [2.75, 3.05) is 14.1 Å². The van der Waals surface area contributed by atoms with E-state index in [9.17, 15) is 19.2 Å². The first-order valence-electron chi connectivity index (χ1n) is 9.79. The van der Waals surface area contributed by atoms with E-state index in [2.05, 4.69) is 0 Å². The molecule has 0 saturated carbocycles. The standard InChI is InChI=1S/C25H18ClNO5/c1-27(2)24(30)23(14-8-4-3-5-9-14)32-25(31)18-13-12-17-19(20(18)26)22(29)16-11-7-6-10-15(16)21(17)28/h3-13,23H,1-2H3. The molecule has 4 rings (SSSR count). The first-order chi connectivity index (χ1) is 15.3. The van der Waals surface area contributed by atoms with Gasteiger partial charge in [0.2, 0.25) is 6.10 Å². The number of fused-ring (bicyclic) bond motifs is 2. The van der Waals surface area contributed by atoms with E-state index in [1.54, 1.807) is 68.7 Å². The smallest absolute Gasteiger partial charge is 0.340 e. The molecular formula is C25H18ClNO5. The predicted octanol–water partition coefficient (Wildman–Crippen LogP) is 4.10. The van der Waals surface area contributed by atoms with Gasteiger partial charge >= 0.3 is 5.97 Å². The van der Waals surface area contributed by atoms with Crippen LogP contribution in [0.2, 0.25) is 5.02 Å². The molecule has 0 aliphatic heterocycles. The first-order valence-corrected chi connectivity index (χ1v) is 10.2. The van der Waals surface area contributed by atoms with Crippen LogP contribution in [0.15, 0.2) is 66.7 Å². The maximum Gasteiger partial charge on any atom is 0.340 e. The second kappa shape index (κ2) is 8.40. The van der Waals surface area contributed by atoms with Gasteiger partial charge in [-0.1, -0.05) is 66.2 Å². The molecule has 0 aromatic heterocycles. The number of ketones is 2. The van der Waals surface area contributed by atoms with Crippen LogP contribution in [0.3, 0.4) is 0 Å². The molecule has 7 heteroatoms. The highest BCUT2D eigenvalue weighted by molar-refractivity contribution is 6.41. The van der Waals surface area contributed by atoms with Gasteiger partial charge in [0.1, 0.15) is 0 Å². The molecule has 160 valence electrons. The molecule has 0 spiro atoms. The molecule has 0 bridgehead atoms. The predicted molar refractivity (Wildman–Crippen MR) is 118 cm³/mol. The minimum absolute atomic E-state index is 0.0417. The Kier molecular flexibility index (Phi) is 5.63. The number of carbonyl (C=O) groups is 4. The van der Waals surface area contributed by atoms with Gasteiger partial charge in [-0.2, -0.15) is 0 Å². The van der Waals surface area contributed by atoms with Gasteiger partial charge in [0.15, 0.2) is 11.6 Å². The van der Waals surface area contributed by atoms with Crippen molar-refractivity contribution in [3.8, 4) is 0 Å². The summed E-state index contributed by atoms with van der Waals surface area (Å²) in [5.41, 5.74) is 0.992. The van der Waals surface area contributed by atoms with Gasteiger partial charge in [0.25, 0.3) is 5.91 Å². The Morgan fingerprint density at radius 3 is 2.03 bits per heavy atom. The van der Waals surface area contributed by atoms with Gasteiger partial charge in [-0.15, -0.1) is 0 Å². The van der Waals surface area contributed by atoms with Gasteiger partial charge in [-0.05, 0) is 12.1 Å². The lowest BCUT2D eigenvalue weighted by Crippen LogP contribution is -2.31. The van der Waals surface area contributed by atoms with Crippen molar-refractivity contribution in [1.29, 1.82) is 0 Å². The number of nitrogens with zero attached hydrogens (tertiary/aromatic N) is 1. The van der Waals surface area contributed by atoms with Gasteiger partial charge in [-0.3, -0.25) is 14.4 Å². The van der Waals surface area contributed by atoms with Gasteiger partial charge < -0.3 is 9.64 Å². The summed E-state index contributed by atoms with van der Waals surface area (Å²) in [4.78, 5) is 52.9. The zero-order chi connectivity index (χ0) is 23.0. The van der Waals surface area contributed by atoms with Crippen LogP contribution in [0.5, 0.6) is 0 Å². The van der Waals surface area contributed by atoms with Crippen LogP contribution in [-0.4, -0.2) is 42.4 Å². The SMILES string of the molecule is CN(C)C(=O)C(OC(=O)c1ccc2c(c1Cl)C(=O)c1ccccc1C2=O)c1ccccc1. The molecule has 1 aliphatic rings. The maximum atomic E-state index is 13.0. The molecule has 6 nitrogen and oxygen atoms in total. The Balaban J connectivity index is 1.73. The summed E-state index contributed by atoms with van der Waals surface area (Å²) in [6.45, 7) is 0. The van der Waals surface area contributed by atoms with Crippen molar-refractivity contribution in [1.82, 2.24) is 4.90 Å². The lowest BCUT2D eigenvalue weighted by molar-refractivity contribution is -0.138. The molecule has 0 heterocycles. The minimum Gasteiger partial charge on any atom is -0.444 e. The average Bonchev–Trinajstić information content (AvgIpc) is 2.80. The first kappa shape index (κ1) is 21.5. The minimum atomic E-state index is -1.19. The van der Waals surface area contributed by atoms with E-state index in [0.29, 0.717) is 5.56 Å². The van der Waals surface area contributed by atoms with Crippen molar-refractivity contribution in [2.24, 2.45) is 0 Å². The molecule has 0 N–H and O–H groups in total. The Morgan fingerprint density at radius 1 is 0.812 bits per heavy atom. The van der Waals surface area contributed by atoms with E-state index >= 15 is 0 Å². The molecule has 1 unspecified atom stereocenters. The number of rotatable bonds is 4. The fourth-order valence-corrected chi connectivity index (χ4v) is 3.93. The van der Waals surface area contributed by atoms with Crippen LogP contribution in [-0.2, 0) is 9.53 Å². The molecule has 1 aliphatic carbocycles. The van der Waals surface area contributed by atoms with Crippen molar-refractivity contribution in [2.45, 2.75) is 6.10 Å². The number of hydrogen-bond donors (Lipinski definition) is 0. The largest absolute Gasteiger partial charge is 0.444 e. The van der Waals surface area contributed by atoms with E-state index in [1.165, 1.54) is 17.0 Å². The topological polar surface area (TPSA) is 80.8 Å².